The number of ether oxygens (including phenoxy) is 1. The van der Waals surface area contributed by atoms with Gasteiger partial charge in [0.25, 0.3) is 5.91 Å². The molecule has 0 aromatic heterocycles. The number of nitrogens with zero attached hydrogens (tertiary/aromatic N) is 1. The molecule has 3 aromatic carbocycles. The zero-order valence-electron chi connectivity index (χ0n) is 20.5. The van der Waals surface area contributed by atoms with Crippen molar-refractivity contribution in [2.24, 2.45) is 0 Å². The summed E-state index contributed by atoms with van der Waals surface area (Å²) in [5.41, 5.74) is 1.51. The molecule has 8 heteroatoms. The van der Waals surface area contributed by atoms with Crippen molar-refractivity contribution in [3.05, 3.63) is 90.0 Å². The number of methoxy groups -OCH3 is 1. The number of anilines is 2. The average Bonchev–Trinajstić information content (AvgIpc) is 3.30. The number of carbonyl (C=O) groups is 3. The highest BCUT2D eigenvalue weighted by Gasteiger charge is 2.36. The summed E-state index contributed by atoms with van der Waals surface area (Å²) in [6, 6.07) is 23.8. The van der Waals surface area contributed by atoms with Gasteiger partial charge in [-0.3, -0.25) is 19.3 Å². The van der Waals surface area contributed by atoms with E-state index < -0.39 is 5.54 Å². The Balaban J connectivity index is 1.51. The molecule has 2 N–H and O–H groups in total. The number of hydrogen-bond donors (Lipinski definition) is 2. The van der Waals surface area contributed by atoms with Crippen LogP contribution >= 0.6 is 11.8 Å². The van der Waals surface area contributed by atoms with E-state index in [1.807, 2.05) is 43.3 Å². The second-order valence-corrected chi connectivity index (χ2v) is 9.78. The van der Waals surface area contributed by atoms with Crippen LogP contribution in [-0.2, 0) is 9.59 Å². The first-order valence-corrected chi connectivity index (χ1v) is 12.8. The Morgan fingerprint density at radius 2 is 1.78 bits per heavy atom. The number of benzene rings is 3. The van der Waals surface area contributed by atoms with Crippen molar-refractivity contribution in [3.63, 3.8) is 0 Å². The van der Waals surface area contributed by atoms with Crippen molar-refractivity contribution in [1.82, 2.24) is 5.32 Å². The Morgan fingerprint density at radius 1 is 1.06 bits per heavy atom. The van der Waals surface area contributed by atoms with Crippen LogP contribution in [0.1, 0.15) is 41.6 Å². The quantitative estimate of drug-likeness (QED) is 0.451. The fourth-order valence-corrected chi connectivity index (χ4v) is 5.11. The Labute approximate surface area is 215 Å². The summed E-state index contributed by atoms with van der Waals surface area (Å²) in [7, 11) is 1.58. The Morgan fingerprint density at radius 3 is 2.44 bits per heavy atom. The van der Waals surface area contributed by atoms with Gasteiger partial charge in [-0.15, -0.1) is 11.8 Å². The lowest BCUT2D eigenvalue weighted by Gasteiger charge is -2.29. The van der Waals surface area contributed by atoms with Crippen LogP contribution in [0.3, 0.4) is 0 Å². The fourth-order valence-electron chi connectivity index (χ4n) is 3.94. The number of carbonyl (C=O) groups excluding carboxylic acids is 3. The van der Waals surface area contributed by atoms with Crippen molar-refractivity contribution in [2.45, 2.75) is 31.2 Å². The number of thioether (sulfide) groups is 1. The molecular formula is C28H29N3O4S. The van der Waals surface area contributed by atoms with E-state index in [4.69, 9.17) is 4.74 Å². The molecule has 1 heterocycles. The maximum atomic E-state index is 13.2. The van der Waals surface area contributed by atoms with E-state index in [-0.39, 0.29) is 23.1 Å². The summed E-state index contributed by atoms with van der Waals surface area (Å²) >= 11 is 1.56. The smallest absolute Gasteiger partial charge is 0.252 e. The van der Waals surface area contributed by atoms with Gasteiger partial charge in [-0.1, -0.05) is 43.3 Å². The van der Waals surface area contributed by atoms with Gasteiger partial charge in [-0.2, -0.15) is 0 Å². The lowest BCUT2D eigenvalue weighted by molar-refractivity contribution is -0.121. The van der Waals surface area contributed by atoms with Gasteiger partial charge in [0.15, 0.2) is 0 Å². The van der Waals surface area contributed by atoms with Crippen molar-refractivity contribution < 1.29 is 19.1 Å². The van der Waals surface area contributed by atoms with E-state index in [1.54, 1.807) is 73.2 Å². The molecule has 0 spiro atoms. The molecule has 0 radical (unpaired) electrons. The first-order valence-electron chi connectivity index (χ1n) is 11.7. The molecule has 0 saturated carbocycles. The second-order valence-electron chi connectivity index (χ2n) is 8.71. The number of amides is 3. The molecule has 0 aliphatic carbocycles. The molecule has 4 rings (SSSR count). The van der Waals surface area contributed by atoms with Crippen molar-refractivity contribution in [3.8, 4) is 5.75 Å². The Hall–Kier alpha value is -3.78. The third kappa shape index (κ3) is 5.39. The van der Waals surface area contributed by atoms with Gasteiger partial charge in [0.2, 0.25) is 11.8 Å². The van der Waals surface area contributed by atoms with Crippen LogP contribution in [0.5, 0.6) is 5.75 Å². The maximum absolute atomic E-state index is 13.2. The van der Waals surface area contributed by atoms with E-state index >= 15 is 0 Å². The standard InChI is InChI=1S/C28H29N3O4S/c1-4-28(2,27(34)29-21-13-15-23(35-3)16-14-21)30-25(33)20-11-8-12-22(17-20)31-24(32)18-36-26(31)19-9-6-5-7-10-19/h5-17,26H,4,18H2,1-3H3,(H,29,34)(H,30,33)/t26-,28+/m0/s1. The molecule has 2 atom stereocenters. The maximum Gasteiger partial charge on any atom is 0.252 e. The molecular weight excluding hydrogens is 474 g/mol. The van der Waals surface area contributed by atoms with Crippen LogP contribution in [0.15, 0.2) is 78.9 Å². The van der Waals surface area contributed by atoms with Crippen molar-refractivity contribution in [1.29, 1.82) is 0 Å². The summed E-state index contributed by atoms with van der Waals surface area (Å²) in [4.78, 5) is 40.8. The summed E-state index contributed by atoms with van der Waals surface area (Å²) in [6.07, 6.45) is 0.387. The van der Waals surface area contributed by atoms with E-state index in [2.05, 4.69) is 10.6 Å². The molecule has 36 heavy (non-hydrogen) atoms. The van der Waals surface area contributed by atoms with Crippen LogP contribution in [0, 0.1) is 0 Å². The topological polar surface area (TPSA) is 87.7 Å². The monoisotopic (exact) mass is 503 g/mol. The minimum atomic E-state index is -1.14. The average molecular weight is 504 g/mol. The molecule has 1 aliphatic heterocycles. The van der Waals surface area contributed by atoms with Gasteiger partial charge in [0.1, 0.15) is 16.7 Å². The van der Waals surface area contributed by atoms with Gasteiger partial charge >= 0.3 is 0 Å². The van der Waals surface area contributed by atoms with E-state index in [1.165, 1.54) is 0 Å². The predicted octanol–water partition coefficient (Wildman–Crippen LogP) is 5.01. The normalized spacial score (nSPS) is 16.8. The van der Waals surface area contributed by atoms with Crippen LogP contribution < -0.4 is 20.3 Å². The SMILES string of the molecule is CC[C@@](C)(NC(=O)c1cccc(N2C(=O)CS[C@H]2c2ccccc2)c1)C(=O)Nc1ccc(OC)cc1. The minimum absolute atomic E-state index is 0.0105. The number of hydrogen-bond acceptors (Lipinski definition) is 5. The van der Waals surface area contributed by atoms with Gasteiger partial charge < -0.3 is 15.4 Å². The third-order valence-electron chi connectivity index (χ3n) is 6.28. The van der Waals surface area contributed by atoms with Crippen LogP contribution in [-0.4, -0.2) is 36.1 Å². The second kappa shape index (κ2) is 10.9. The summed E-state index contributed by atoms with van der Waals surface area (Å²) in [6.45, 7) is 3.54. The first-order chi connectivity index (χ1) is 17.3. The number of nitrogens with one attached hydrogen (secondary N) is 2. The van der Waals surface area contributed by atoms with Crippen molar-refractivity contribution >= 4 is 40.9 Å². The minimum Gasteiger partial charge on any atom is -0.497 e. The molecule has 3 amide bonds. The summed E-state index contributed by atoms with van der Waals surface area (Å²) in [5.74, 6) is 0.333. The van der Waals surface area contributed by atoms with Gasteiger partial charge in [-0.25, -0.2) is 0 Å². The molecule has 0 bridgehead atoms. The highest BCUT2D eigenvalue weighted by molar-refractivity contribution is 8.00. The summed E-state index contributed by atoms with van der Waals surface area (Å²) in [5, 5.41) is 5.59. The molecule has 7 nitrogen and oxygen atoms in total. The van der Waals surface area contributed by atoms with Crippen LogP contribution in [0.4, 0.5) is 11.4 Å². The van der Waals surface area contributed by atoms with Gasteiger partial charge in [-0.05, 0) is 61.4 Å². The molecule has 3 aromatic rings. The van der Waals surface area contributed by atoms with Gasteiger partial charge in [0.05, 0.1) is 12.9 Å². The third-order valence-corrected chi connectivity index (χ3v) is 7.50. The molecule has 1 aliphatic rings. The fraction of sp³-hybridized carbons (Fsp3) is 0.250. The number of rotatable bonds is 8. The zero-order valence-corrected chi connectivity index (χ0v) is 21.3. The zero-order chi connectivity index (χ0) is 25.7. The molecule has 0 unspecified atom stereocenters. The lowest BCUT2D eigenvalue weighted by Crippen LogP contribution is -2.54. The highest BCUT2D eigenvalue weighted by atomic mass is 32.2. The van der Waals surface area contributed by atoms with Crippen LogP contribution in [0.25, 0.3) is 0 Å². The first kappa shape index (κ1) is 25.3. The molecule has 1 fully saturated rings. The molecule has 1 saturated heterocycles. The lowest BCUT2D eigenvalue weighted by atomic mass is 9.96. The Bertz CT molecular complexity index is 1250. The molecule has 186 valence electrons. The largest absolute Gasteiger partial charge is 0.497 e. The summed E-state index contributed by atoms with van der Waals surface area (Å²) < 4.78 is 5.15. The Kier molecular flexibility index (Phi) is 7.64. The van der Waals surface area contributed by atoms with Crippen LogP contribution in [0.2, 0.25) is 0 Å². The van der Waals surface area contributed by atoms with Gasteiger partial charge in [0, 0.05) is 16.9 Å². The van der Waals surface area contributed by atoms with E-state index in [9.17, 15) is 14.4 Å². The highest BCUT2D eigenvalue weighted by Crippen LogP contribution is 2.41. The van der Waals surface area contributed by atoms with E-state index in [0.717, 1.165) is 5.56 Å². The van der Waals surface area contributed by atoms with E-state index in [0.29, 0.717) is 34.9 Å². The van der Waals surface area contributed by atoms with Crippen molar-refractivity contribution in [2.75, 3.05) is 23.1 Å². The predicted molar refractivity (Wildman–Crippen MR) is 143 cm³/mol.